The van der Waals surface area contributed by atoms with E-state index in [0.717, 1.165) is 5.69 Å². The van der Waals surface area contributed by atoms with Gasteiger partial charge in [-0.2, -0.15) is 9.78 Å². The number of piperazine rings is 2. The van der Waals surface area contributed by atoms with E-state index in [9.17, 15) is 14.4 Å². The van der Waals surface area contributed by atoms with Crippen molar-refractivity contribution in [1.29, 1.82) is 0 Å². The lowest BCUT2D eigenvalue weighted by atomic mass is 10.2. The highest BCUT2D eigenvalue weighted by Gasteiger charge is 2.32. The standard InChI is InChI=1S/C25H26ClN7O3/c26-22-21(18-28-33(23(22)34)19-5-2-1-3-6-19)30-11-15-32(16-12-30)25(36)24(35)31-13-9-29(10-14-31)20-7-4-8-27-17-20/h1-8,17-18H,9-16H2. The van der Waals surface area contributed by atoms with Gasteiger partial charge in [0.25, 0.3) is 5.56 Å². The fraction of sp³-hybridized carbons (Fsp3) is 0.320. The summed E-state index contributed by atoms with van der Waals surface area (Å²) in [7, 11) is 0. The predicted molar refractivity (Wildman–Crippen MR) is 137 cm³/mol. The van der Waals surface area contributed by atoms with E-state index in [1.807, 2.05) is 35.2 Å². The van der Waals surface area contributed by atoms with Crippen LogP contribution in [-0.4, -0.2) is 88.7 Å². The summed E-state index contributed by atoms with van der Waals surface area (Å²) in [5.74, 6) is -0.965. The molecule has 36 heavy (non-hydrogen) atoms. The van der Waals surface area contributed by atoms with E-state index in [2.05, 4.69) is 15.0 Å². The van der Waals surface area contributed by atoms with Gasteiger partial charge in [-0.05, 0) is 24.3 Å². The summed E-state index contributed by atoms with van der Waals surface area (Å²) in [6.45, 7) is 3.89. The van der Waals surface area contributed by atoms with Crippen LogP contribution >= 0.6 is 11.6 Å². The van der Waals surface area contributed by atoms with Gasteiger partial charge in [-0.25, -0.2) is 0 Å². The summed E-state index contributed by atoms with van der Waals surface area (Å²) in [4.78, 5) is 50.0. The highest BCUT2D eigenvalue weighted by Crippen LogP contribution is 2.23. The van der Waals surface area contributed by atoms with Gasteiger partial charge in [-0.1, -0.05) is 29.8 Å². The zero-order valence-electron chi connectivity index (χ0n) is 19.7. The van der Waals surface area contributed by atoms with Crippen molar-refractivity contribution in [2.75, 3.05) is 62.2 Å². The zero-order valence-corrected chi connectivity index (χ0v) is 20.4. The molecule has 11 heteroatoms. The van der Waals surface area contributed by atoms with Crippen LogP contribution < -0.4 is 15.4 Å². The number of benzene rings is 1. The van der Waals surface area contributed by atoms with Gasteiger partial charge >= 0.3 is 11.8 Å². The van der Waals surface area contributed by atoms with Gasteiger partial charge in [0.2, 0.25) is 0 Å². The third-order valence-corrected chi connectivity index (χ3v) is 6.93. The van der Waals surface area contributed by atoms with Gasteiger partial charge in [0, 0.05) is 58.6 Å². The number of para-hydroxylation sites is 1. The number of rotatable bonds is 3. The third-order valence-electron chi connectivity index (χ3n) is 6.57. The predicted octanol–water partition coefficient (Wildman–Crippen LogP) is 1.28. The van der Waals surface area contributed by atoms with Crippen molar-refractivity contribution in [3.05, 3.63) is 76.4 Å². The average Bonchev–Trinajstić information content (AvgIpc) is 2.95. The van der Waals surface area contributed by atoms with E-state index in [4.69, 9.17) is 11.6 Å². The summed E-state index contributed by atoms with van der Waals surface area (Å²) in [6.07, 6.45) is 5.10. The summed E-state index contributed by atoms with van der Waals surface area (Å²) < 4.78 is 1.26. The first-order chi connectivity index (χ1) is 17.5. The Kier molecular flexibility index (Phi) is 6.86. The van der Waals surface area contributed by atoms with Crippen molar-refractivity contribution >= 4 is 34.8 Å². The van der Waals surface area contributed by atoms with E-state index >= 15 is 0 Å². The van der Waals surface area contributed by atoms with Crippen molar-refractivity contribution in [3.63, 3.8) is 0 Å². The zero-order chi connectivity index (χ0) is 25.1. The minimum Gasteiger partial charge on any atom is -0.367 e. The van der Waals surface area contributed by atoms with Crippen molar-refractivity contribution in [1.82, 2.24) is 24.6 Å². The number of nitrogens with zero attached hydrogens (tertiary/aromatic N) is 7. The summed E-state index contributed by atoms with van der Waals surface area (Å²) >= 11 is 6.42. The van der Waals surface area contributed by atoms with Crippen molar-refractivity contribution in [3.8, 4) is 5.69 Å². The fourth-order valence-electron chi connectivity index (χ4n) is 4.53. The molecule has 186 valence electrons. The Bertz CT molecular complexity index is 1290. The van der Waals surface area contributed by atoms with E-state index in [1.165, 1.54) is 4.68 Å². The molecule has 2 aliphatic rings. The van der Waals surface area contributed by atoms with Crippen LogP contribution in [0.4, 0.5) is 11.4 Å². The summed E-state index contributed by atoms with van der Waals surface area (Å²) in [5, 5.41) is 4.36. The number of halogens is 1. The number of pyridine rings is 1. The normalized spacial score (nSPS) is 16.2. The monoisotopic (exact) mass is 507 g/mol. The fourth-order valence-corrected chi connectivity index (χ4v) is 4.78. The Labute approximate surface area is 213 Å². The lowest BCUT2D eigenvalue weighted by Crippen LogP contribution is -2.56. The second-order valence-corrected chi connectivity index (χ2v) is 9.04. The van der Waals surface area contributed by atoms with Gasteiger partial charge in [0.05, 0.1) is 29.5 Å². The largest absolute Gasteiger partial charge is 0.367 e. The van der Waals surface area contributed by atoms with Crippen LogP contribution in [0.15, 0.2) is 65.8 Å². The second-order valence-electron chi connectivity index (χ2n) is 8.67. The number of aromatic nitrogens is 3. The third kappa shape index (κ3) is 4.76. The molecule has 0 radical (unpaired) electrons. The average molecular weight is 508 g/mol. The highest BCUT2D eigenvalue weighted by atomic mass is 35.5. The van der Waals surface area contributed by atoms with Crippen LogP contribution in [0.3, 0.4) is 0 Å². The van der Waals surface area contributed by atoms with E-state index in [1.54, 1.807) is 40.5 Å². The van der Waals surface area contributed by atoms with E-state index in [-0.39, 0.29) is 5.02 Å². The Balaban J connectivity index is 1.17. The highest BCUT2D eigenvalue weighted by molar-refractivity contribution is 6.35. The number of amides is 2. The number of anilines is 2. The molecule has 0 aliphatic carbocycles. The second kappa shape index (κ2) is 10.4. The molecule has 0 saturated carbocycles. The molecule has 2 aliphatic heterocycles. The van der Waals surface area contributed by atoms with E-state index < -0.39 is 17.4 Å². The molecule has 2 fully saturated rings. The molecule has 4 heterocycles. The summed E-state index contributed by atoms with van der Waals surface area (Å²) in [5.41, 5.74) is 1.76. The quantitative estimate of drug-likeness (QED) is 0.493. The Hall–Kier alpha value is -3.92. The van der Waals surface area contributed by atoms with Crippen LogP contribution in [0.2, 0.25) is 5.02 Å². The number of hydrogen-bond donors (Lipinski definition) is 0. The first-order valence-electron chi connectivity index (χ1n) is 11.8. The van der Waals surface area contributed by atoms with Crippen LogP contribution in [0.1, 0.15) is 0 Å². The lowest BCUT2D eigenvalue weighted by Gasteiger charge is -2.38. The topological polar surface area (TPSA) is 94.9 Å². The molecule has 0 unspecified atom stereocenters. The molecule has 2 amide bonds. The SMILES string of the molecule is O=C(C(=O)N1CCN(c2cnn(-c3ccccc3)c(=O)c2Cl)CC1)N1CCN(c2cccnc2)CC1. The molecule has 1 aromatic carbocycles. The van der Waals surface area contributed by atoms with E-state index in [0.29, 0.717) is 63.7 Å². The molecule has 0 N–H and O–H groups in total. The van der Waals surface area contributed by atoms with Crippen molar-refractivity contribution in [2.45, 2.75) is 0 Å². The molecule has 10 nitrogen and oxygen atoms in total. The Morgan fingerprint density at radius 2 is 1.31 bits per heavy atom. The molecule has 2 saturated heterocycles. The number of carbonyl (C=O) groups excluding carboxylic acids is 2. The maximum atomic E-state index is 12.9. The Morgan fingerprint density at radius 1 is 0.722 bits per heavy atom. The van der Waals surface area contributed by atoms with Gasteiger partial charge in [0.15, 0.2) is 0 Å². The first kappa shape index (κ1) is 23.8. The summed E-state index contributed by atoms with van der Waals surface area (Å²) in [6, 6.07) is 12.9. The minimum atomic E-state index is -0.492. The maximum absolute atomic E-state index is 12.9. The molecule has 0 bridgehead atoms. The molecular weight excluding hydrogens is 482 g/mol. The minimum absolute atomic E-state index is 0.0798. The van der Waals surface area contributed by atoms with Crippen molar-refractivity contribution in [2.24, 2.45) is 0 Å². The van der Waals surface area contributed by atoms with Gasteiger partial charge in [-0.15, -0.1) is 0 Å². The lowest BCUT2D eigenvalue weighted by molar-refractivity contribution is -0.152. The molecule has 3 aromatic rings. The van der Waals surface area contributed by atoms with Gasteiger partial charge < -0.3 is 19.6 Å². The molecular formula is C25H26ClN7O3. The van der Waals surface area contributed by atoms with Crippen LogP contribution in [0.5, 0.6) is 0 Å². The van der Waals surface area contributed by atoms with Gasteiger partial charge in [-0.3, -0.25) is 19.4 Å². The van der Waals surface area contributed by atoms with Crippen LogP contribution in [0, 0.1) is 0 Å². The van der Waals surface area contributed by atoms with Crippen LogP contribution in [0.25, 0.3) is 5.69 Å². The maximum Gasteiger partial charge on any atom is 0.312 e. The first-order valence-corrected chi connectivity index (χ1v) is 12.2. The molecule has 5 rings (SSSR count). The number of hydrogen-bond acceptors (Lipinski definition) is 7. The molecule has 0 atom stereocenters. The van der Waals surface area contributed by atoms with Crippen molar-refractivity contribution < 1.29 is 9.59 Å². The smallest absolute Gasteiger partial charge is 0.312 e. The molecule has 0 spiro atoms. The van der Waals surface area contributed by atoms with Crippen LogP contribution in [-0.2, 0) is 9.59 Å². The molecule has 2 aromatic heterocycles. The van der Waals surface area contributed by atoms with Gasteiger partial charge in [0.1, 0.15) is 5.02 Å². The Morgan fingerprint density at radius 3 is 1.89 bits per heavy atom. The number of carbonyl (C=O) groups is 2.